The highest BCUT2D eigenvalue weighted by Gasteiger charge is 2.19. The van der Waals surface area contributed by atoms with Crippen molar-refractivity contribution >= 4 is 6.16 Å². The molecule has 5 nitrogen and oxygen atoms in total. The maximum absolute atomic E-state index is 11.0. The zero-order valence-corrected chi connectivity index (χ0v) is 7.69. The van der Waals surface area contributed by atoms with E-state index in [2.05, 4.69) is 4.74 Å². The van der Waals surface area contributed by atoms with Crippen LogP contribution in [-0.2, 0) is 14.2 Å². The van der Waals surface area contributed by atoms with E-state index in [1.807, 2.05) is 0 Å². The first-order valence-corrected chi connectivity index (χ1v) is 4.39. The van der Waals surface area contributed by atoms with Crippen LogP contribution < -0.4 is 5.73 Å². The average molecular weight is 189 g/mol. The van der Waals surface area contributed by atoms with Crippen LogP contribution in [0.5, 0.6) is 0 Å². The molecular formula is C8H15NO4. The number of carbonyl (C=O) groups is 1. The zero-order chi connectivity index (χ0) is 9.68. The molecule has 0 aromatic carbocycles. The molecular weight excluding hydrogens is 174 g/mol. The smallest absolute Gasteiger partial charge is 0.431 e. The molecule has 2 N–H and O–H groups in total. The van der Waals surface area contributed by atoms with Crippen LogP contribution in [0.15, 0.2) is 0 Å². The van der Waals surface area contributed by atoms with Gasteiger partial charge in [0.1, 0.15) is 6.10 Å². The predicted octanol–water partition coefficient (Wildman–Crippen LogP) is 0.623. The van der Waals surface area contributed by atoms with E-state index < -0.39 is 12.4 Å². The highest BCUT2D eigenvalue weighted by atomic mass is 16.7. The van der Waals surface area contributed by atoms with Crippen molar-refractivity contribution in [2.45, 2.75) is 32.1 Å². The summed E-state index contributed by atoms with van der Waals surface area (Å²) in [6.07, 6.45) is 0.0662. The van der Waals surface area contributed by atoms with Gasteiger partial charge in [-0.05, 0) is 6.92 Å². The van der Waals surface area contributed by atoms with Crippen molar-refractivity contribution in [2.75, 3.05) is 13.2 Å². The Hall–Kier alpha value is -0.810. The van der Waals surface area contributed by atoms with E-state index in [9.17, 15) is 4.79 Å². The van der Waals surface area contributed by atoms with Gasteiger partial charge in [-0.15, -0.1) is 0 Å². The van der Waals surface area contributed by atoms with E-state index in [0.717, 1.165) is 12.8 Å². The third-order valence-electron chi connectivity index (χ3n) is 1.71. The van der Waals surface area contributed by atoms with E-state index >= 15 is 0 Å². The lowest BCUT2D eigenvalue weighted by molar-refractivity contribution is -0.0366. The van der Waals surface area contributed by atoms with Gasteiger partial charge in [0.2, 0.25) is 0 Å². The van der Waals surface area contributed by atoms with E-state index in [4.69, 9.17) is 15.2 Å². The largest absolute Gasteiger partial charge is 0.510 e. The maximum Gasteiger partial charge on any atom is 0.510 e. The Balaban J connectivity index is 2.18. The second kappa shape index (κ2) is 5.04. The summed E-state index contributed by atoms with van der Waals surface area (Å²) in [4.78, 5) is 11.0. The van der Waals surface area contributed by atoms with Crippen molar-refractivity contribution in [1.82, 2.24) is 0 Å². The number of ether oxygens (including phenoxy) is 3. The Kier molecular flexibility index (Phi) is 3.98. The van der Waals surface area contributed by atoms with Crippen LogP contribution in [0.4, 0.5) is 4.79 Å². The number of hydrogen-bond donors (Lipinski definition) is 1. The Bertz CT molecular complexity index is 166. The van der Waals surface area contributed by atoms with Crippen LogP contribution >= 0.6 is 0 Å². The molecule has 1 fully saturated rings. The van der Waals surface area contributed by atoms with Crippen molar-refractivity contribution in [1.29, 1.82) is 0 Å². The van der Waals surface area contributed by atoms with Gasteiger partial charge in [0.15, 0.2) is 6.23 Å². The first-order valence-electron chi connectivity index (χ1n) is 4.39. The van der Waals surface area contributed by atoms with Crippen molar-refractivity contribution in [3.8, 4) is 0 Å². The Labute approximate surface area is 77.1 Å². The van der Waals surface area contributed by atoms with Crippen LogP contribution in [0.3, 0.4) is 0 Å². The lowest BCUT2D eigenvalue weighted by Crippen LogP contribution is -2.30. The quantitative estimate of drug-likeness (QED) is 0.509. The van der Waals surface area contributed by atoms with Crippen LogP contribution in [0.25, 0.3) is 0 Å². The van der Waals surface area contributed by atoms with Gasteiger partial charge in [0.25, 0.3) is 0 Å². The van der Waals surface area contributed by atoms with Gasteiger partial charge < -0.3 is 14.2 Å². The predicted molar refractivity (Wildman–Crippen MR) is 45.1 cm³/mol. The van der Waals surface area contributed by atoms with Crippen molar-refractivity contribution < 1.29 is 19.0 Å². The minimum atomic E-state index is -0.693. The topological polar surface area (TPSA) is 70.8 Å². The fourth-order valence-electron chi connectivity index (χ4n) is 1.11. The van der Waals surface area contributed by atoms with E-state index in [1.54, 1.807) is 6.92 Å². The van der Waals surface area contributed by atoms with Crippen LogP contribution in [0.2, 0.25) is 0 Å². The second-order valence-electron chi connectivity index (χ2n) is 3.00. The lowest BCUT2D eigenvalue weighted by atomic mass is 10.2. The summed E-state index contributed by atoms with van der Waals surface area (Å²) in [6, 6.07) is 0. The Morgan fingerprint density at radius 1 is 1.54 bits per heavy atom. The summed E-state index contributed by atoms with van der Waals surface area (Å²) in [6.45, 7) is 2.84. The first kappa shape index (κ1) is 10.3. The highest BCUT2D eigenvalue weighted by molar-refractivity contribution is 5.60. The van der Waals surface area contributed by atoms with E-state index in [0.29, 0.717) is 13.2 Å². The number of rotatable bonds is 2. The molecule has 0 aromatic heterocycles. The minimum Gasteiger partial charge on any atom is -0.431 e. The molecule has 1 heterocycles. The summed E-state index contributed by atoms with van der Waals surface area (Å²) in [5.74, 6) is 0. The summed E-state index contributed by atoms with van der Waals surface area (Å²) in [5.41, 5.74) is 5.25. The van der Waals surface area contributed by atoms with Crippen molar-refractivity contribution in [3.05, 3.63) is 0 Å². The Morgan fingerprint density at radius 3 is 2.69 bits per heavy atom. The summed E-state index contributed by atoms with van der Waals surface area (Å²) in [7, 11) is 0. The van der Waals surface area contributed by atoms with Gasteiger partial charge in [-0.2, -0.15) is 0 Å². The summed E-state index contributed by atoms with van der Waals surface area (Å²) in [5, 5.41) is 0. The van der Waals surface area contributed by atoms with E-state index in [-0.39, 0.29) is 6.10 Å². The van der Waals surface area contributed by atoms with Gasteiger partial charge in [0, 0.05) is 12.8 Å². The molecule has 0 amide bonds. The van der Waals surface area contributed by atoms with Gasteiger partial charge in [-0.25, -0.2) is 4.79 Å². The van der Waals surface area contributed by atoms with Crippen LogP contribution in [-0.4, -0.2) is 31.7 Å². The van der Waals surface area contributed by atoms with Crippen molar-refractivity contribution in [2.24, 2.45) is 5.73 Å². The molecule has 1 aliphatic heterocycles. The van der Waals surface area contributed by atoms with Crippen molar-refractivity contribution in [3.63, 3.8) is 0 Å². The maximum atomic E-state index is 11.0. The molecule has 1 atom stereocenters. The average Bonchev–Trinajstić information content (AvgIpc) is 2.04. The molecule has 0 spiro atoms. The molecule has 1 saturated heterocycles. The summed E-state index contributed by atoms with van der Waals surface area (Å²) < 4.78 is 14.7. The van der Waals surface area contributed by atoms with Gasteiger partial charge in [0.05, 0.1) is 13.2 Å². The number of carbonyl (C=O) groups excluding carboxylic acids is 1. The molecule has 0 saturated carbocycles. The molecule has 0 radical (unpaired) electrons. The molecule has 1 rings (SSSR count). The molecule has 1 unspecified atom stereocenters. The van der Waals surface area contributed by atoms with Gasteiger partial charge >= 0.3 is 6.16 Å². The molecule has 13 heavy (non-hydrogen) atoms. The molecule has 5 heteroatoms. The normalized spacial score (nSPS) is 20.8. The zero-order valence-electron chi connectivity index (χ0n) is 7.69. The third kappa shape index (κ3) is 4.10. The number of hydrogen-bond acceptors (Lipinski definition) is 5. The summed E-state index contributed by atoms with van der Waals surface area (Å²) >= 11 is 0. The third-order valence-corrected chi connectivity index (χ3v) is 1.71. The standard InChI is InChI=1S/C8H15NO4/c1-6(9)12-8(10)13-7-2-4-11-5-3-7/h6-7H,2-5,9H2,1H3. The van der Waals surface area contributed by atoms with Gasteiger partial charge in [-0.1, -0.05) is 0 Å². The van der Waals surface area contributed by atoms with Crippen LogP contribution in [0.1, 0.15) is 19.8 Å². The second-order valence-corrected chi connectivity index (χ2v) is 3.00. The highest BCUT2D eigenvalue weighted by Crippen LogP contribution is 2.11. The number of nitrogens with two attached hydrogens (primary N) is 1. The van der Waals surface area contributed by atoms with Crippen LogP contribution in [0, 0.1) is 0 Å². The molecule has 0 bridgehead atoms. The monoisotopic (exact) mass is 189 g/mol. The van der Waals surface area contributed by atoms with Gasteiger partial charge in [-0.3, -0.25) is 5.73 Å². The fourth-order valence-corrected chi connectivity index (χ4v) is 1.11. The van der Waals surface area contributed by atoms with E-state index in [1.165, 1.54) is 0 Å². The molecule has 76 valence electrons. The SMILES string of the molecule is CC(N)OC(=O)OC1CCOCC1. The molecule has 0 aliphatic carbocycles. The lowest BCUT2D eigenvalue weighted by Gasteiger charge is -2.22. The fraction of sp³-hybridized carbons (Fsp3) is 0.875. The Morgan fingerprint density at radius 2 is 2.15 bits per heavy atom. The molecule has 0 aromatic rings. The molecule has 1 aliphatic rings. The first-order chi connectivity index (χ1) is 6.18. The minimum absolute atomic E-state index is 0.0833.